The first kappa shape index (κ1) is 20.2. The zero-order valence-corrected chi connectivity index (χ0v) is 18.7. The number of ketones is 1. The van der Waals surface area contributed by atoms with Gasteiger partial charge in [0.05, 0.1) is 11.9 Å². The minimum atomic E-state index is -1.37. The van der Waals surface area contributed by atoms with Crippen LogP contribution in [0.15, 0.2) is 0 Å². The van der Waals surface area contributed by atoms with E-state index in [-0.39, 0.29) is 83.0 Å². The number of carbonyl (C=O) groups excluding carboxylic acids is 3. The number of hydrogen-bond donors (Lipinski definition) is 0. The molecule has 0 N–H and O–H groups in total. The Morgan fingerprint density at radius 1 is 1.27 bits per heavy atom. The Morgan fingerprint density at radius 2 is 1.86 bits per heavy atom. The van der Waals surface area contributed by atoms with Gasteiger partial charge in [-0.15, -0.1) is 0 Å². The van der Waals surface area contributed by atoms with Crippen LogP contribution in [0.2, 0.25) is 0 Å². The number of rotatable bonds is 1. The Hall–Kier alpha value is 0.175. The first-order valence-corrected chi connectivity index (χ1v) is 7.03. The number of piperazine rings is 1. The van der Waals surface area contributed by atoms with Gasteiger partial charge in [0.15, 0.2) is 0 Å². The van der Waals surface area contributed by atoms with Gasteiger partial charge in [0.25, 0.3) is 0 Å². The second-order valence-electron chi connectivity index (χ2n) is 6.74. The van der Waals surface area contributed by atoms with Gasteiger partial charge < -0.3 is 19.5 Å². The van der Waals surface area contributed by atoms with Crippen LogP contribution >= 0.6 is 0 Å². The first-order chi connectivity index (χ1) is 9.60. The molecule has 2 aliphatic rings. The second-order valence-corrected chi connectivity index (χ2v) is 6.74. The van der Waals surface area contributed by atoms with Crippen LogP contribution in [0.4, 0.5) is 4.79 Å². The zero-order chi connectivity index (χ0) is 15.9. The first-order valence-electron chi connectivity index (χ1n) is 7.03. The maximum absolute atomic E-state index is 12.1. The van der Waals surface area contributed by atoms with E-state index in [0.29, 0.717) is 6.54 Å². The van der Waals surface area contributed by atoms with Crippen LogP contribution in [0.1, 0.15) is 27.2 Å². The molecule has 7 nitrogen and oxygen atoms in total. The van der Waals surface area contributed by atoms with E-state index in [0.717, 1.165) is 0 Å². The number of likely N-dealkylation sites (N-methyl/N-ethyl adjacent to an activating group) is 1. The van der Waals surface area contributed by atoms with Crippen LogP contribution in [-0.4, -0.2) is 65.5 Å². The van der Waals surface area contributed by atoms with Crippen molar-refractivity contribution in [2.75, 3.05) is 20.1 Å². The average Bonchev–Trinajstić information content (AvgIpc) is 2.28. The molecule has 0 aromatic rings. The van der Waals surface area contributed by atoms with Crippen LogP contribution < -0.4 is 63.3 Å². The van der Waals surface area contributed by atoms with Gasteiger partial charge >= 0.3 is 64.3 Å². The molecule has 0 radical (unpaired) electrons. The number of amides is 1. The van der Waals surface area contributed by atoms with Crippen LogP contribution in [0.5, 0.6) is 0 Å². The number of fused-ring (bicyclic) bond motifs is 2. The number of piperidine rings is 1. The van der Waals surface area contributed by atoms with Crippen molar-refractivity contribution in [1.82, 2.24) is 9.80 Å². The Labute approximate surface area is 179 Å². The Kier molecular flexibility index (Phi) is 6.78. The standard InChI is InChI=1S/C14H22N2O5.Rb/c1-14(2,3)21-13(20)16-6-8-5-10(17)11(12(18)19)9(7-16)15(8)4;/h8-9,11H,5-7H2,1-4H3,(H,18,19);/q;+1/p-1. The third-order valence-electron chi connectivity index (χ3n) is 4.01. The summed E-state index contributed by atoms with van der Waals surface area (Å²) in [5, 5.41) is 11.2. The molecule has 0 saturated carbocycles. The van der Waals surface area contributed by atoms with Gasteiger partial charge in [0.1, 0.15) is 11.4 Å². The van der Waals surface area contributed by atoms with E-state index in [2.05, 4.69) is 0 Å². The summed E-state index contributed by atoms with van der Waals surface area (Å²) < 4.78 is 5.32. The Morgan fingerprint density at radius 3 is 2.36 bits per heavy atom. The van der Waals surface area contributed by atoms with Crippen molar-refractivity contribution in [3.05, 3.63) is 0 Å². The second kappa shape index (κ2) is 7.38. The fraction of sp³-hybridized carbons (Fsp3) is 0.786. The number of nitrogens with zero attached hydrogens (tertiary/aromatic N) is 2. The quantitative estimate of drug-likeness (QED) is 0.433. The summed E-state index contributed by atoms with van der Waals surface area (Å²) in [6, 6.07) is -0.720. The molecule has 118 valence electrons. The summed E-state index contributed by atoms with van der Waals surface area (Å²) in [7, 11) is 1.78. The summed E-state index contributed by atoms with van der Waals surface area (Å²) in [5.41, 5.74) is -0.612. The third kappa shape index (κ3) is 4.38. The molecule has 2 aliphatic heterocycles. The fourth-order valence-corrected chi connectivity index (χ4v) is 2.97. The summed E-state index contributed by atoms with van der Waals surface area (Å²) in [4.78, 5) is 38.6. The van der Waals surface area contributed by atoms with Crippen molar-refractivity contribution >= 4 is 17.8 Å². The number of aliphatic carboxylic acids is 1. The smallest absolute Gasteiger partial charge is 0.549 e. The molecule has 0 aliphatic carbocycles. The summed E-state index contributed by atoms with van der Waals surface area (Å²) in [6.07, 6.45) is -0.359. The molecule has 3 unspecified atom stereocenters. The largest absolute Gasteiger partial charge is 1.00 e. The van der Waals surface area contributed by atoms with E-state index in [1.165, 1.54) is 4.90 Å². The monoisotopic (exact) mass is 382 g/mol. The van der Waals surface area contributed by atoms with Crippen molar-refractivity contribution < 1.29 is 82.4 Å². The Bertz CT molecular complexity index is 476. The maximum Gasteiger partial charge on any atom is 1.00 e. The molecule has 22 heavy (non-hydrogen) atoms. The molecule has 2 bridgehead atoms. The average molecular weight is 383 g/mol. The normalized spacial score (nSPS) is 28.8. The van der Waals surface area contributed by atoms with E-state index in [4.69, 9.17) is 4.74 Å². The van der Waals surface area contributed by atoms with Gasteiger partial charge in [-0.1, -0.05) is 0 Å². The third-order valence-corrected chi connectivity index (χ3v) is 4.01. The van der Waals surface area contributed by atoms with Gasteiger partial charge in [-0.25, -0.2) is 4.79 Å². The van der Waals surface area contributed by atoms with E-state index in [1.807, 2.05) is 4.90 Å². The summed E-state index contributed by atoms with van der Waals surface area (Å²) in [5.74, 6) is -2.87. The molecular weight excluding hydrogens is 362 g/mol. The summed E-state index contributed by atoms with van der Waals surface area (Å²) in [6.45, 7) is 5.85. The molecule has 1 amide bonds. The fourth-order valence-electron chi connectivity index (χ4n) is 2.97. The number of hydrogen-bond acceptors (Lipinski definition) is 6. The molecule has 3 atom stereocenters. The zero-order valence-electron chi connectivity index (χ0n) is 13.8. The predicted octanol–water partition coefficient (Wildman–Crippen LogP) is -3.75. The Balaban J connectivity index is 0.00000242. The predicted molar refractivity (Wildman–Crippen MR) is 71.3 cm³/mol. The minimum absolute atomic E-state index is 0. The molecular formula is C14H21N2O5Rb. The topological polar surface area (TPSA) is 90.0 Å². The van der Waals surface area contributed by atoms with Crippen LogP contribution in [-0.2, 0) is 14.3 Å². The number of ether oxygens (including phenoxy) is 1. The molecule has 2 rings (SSSR count). The van der Waals surface area contributed by atoms with Crippen molar-refractivity contribution in [3.63, 3.8) is 0 Å². The van der Waals surface area contributed by atoms with Gasteiger partial charge in [-0.05, 0) is 27.8 Å². The number of carbonyl (C=O) groups is 3. The molecule has 8 heteroatoms. The molecule has 2 fully saturated rings. The molecule has 0 aromatic heterocycles. The SMILES string of the molecule is CN1C2CC(=O)C(C(=O)[O-])C1CN(C(=O)OC(C)(C)C)C2.[Rb+]. The van der Waals surface area contributed by atoms with Crippen molar-refractivity contribution in [3.8, 4) is 0 Å². The maximum atomic E-state index is 12.1. The molecule has 0 aromatic carbocycles. The van der Waals surface area contributed by atoms with Crippen molar-refractivity contribution in [2.45, 2.75) is 44.9 Å². The van der Waals surface area contributed by atoms with Gasteiger partial charge in [0.2, 0.25) is 0 Å². The van der Waals surface area contributed by atoms with Crippen LogP contribution in [0, 0.1) is 5.92 Å². The van der Waals surface area contributed by atoms with E-state index < -0.39 is 29.6 Å². The summed E-state index contributed by atoms with van der Waals surface area (Å²) >= 11 is 0. The molecule has 2 heterocycles. The van der Waals surface area contributed by atoms with E-state index in [1.54, 1.807) is 27.8 Å². The van der Waals surface area contributed by atoms with Crippen LogP contribution in [0.3, 0.4) is 0 Å². The number of carboxylic acids is 1. The molecule has 2 saturated heterocycles. The van der Waals surface area contributed by atoms with Gasteiger partial charge in [0, 0.05) is 31.6 Å². The van der Waals surface area contributed by atoms with E-state index in [9.17, 15) is 19.5 Å². The number of Topliss-reactive ketones (excluding diaryl/α,β-unsaturated/α-hetero) is 1. The van der Waals surface area contributed by atoms with Crippen molar-refractivity contribution in [1.29, 1.82) is 0 Å². The van der Waals surface area contributed by atoms with Gasteiger partial charge in [-0.3, -0.25) is 9.69 Å². The number of likely N-dealkylation sites (tertiary alicyclic amines) is 1. The molecule has 0 spiro atoms. The van der Waals surface area contributed by atoms with E-state index >= 15 is 0 Å². The number of carboxylic acid groups (broad SMARTS) is 1. The minimum Gasteiger partial charge on any atom is -0.549 e. The van der Waals surface area contributed by atoms with Gasteiger partial charge in [-0.2, -0.15) is 0 Å². The van der Waals surface area contributed by atoms with Crippen LogP contribution in [0.25, 0.3) is 0 Å². The van der Waals surface area contributed by atoms with Crippen molar-refractivity contribution in [2.24, 2.45) is 5.92 Å².